The normalized spacial score (nSPS) is 16.6. The SMILES string of the molecule is CCCc1cc(C(=O)NCC2(N(C)C)CCC2)cc(N)n1. The molecule has 0 unspecified atom stereocenters. The van der Waals surface area contributed by atoms with Crippen LogP contribution in [0.2, 0.25) is 0 Å². The summed E-state index contributed by atoms with van der Waals surface area (Å²) in [6.07, 6.45) is 5.34. The zero-order chi connectivity index (χ0) is 15.5. The van der Waals surface area contributed by atoms with E-state index in [1.165, 1.54) is 6.42 Å². The van der Waals surface area contributed by atoms with Crippen LogP contribution in [-0.4, -0.2) is 42.0 Å². The molecule has 1 aromatic heterocycles. The van der Waals surface area contributed by atoms with Crippen LogP contribution in [0.4, 0.5) is 5.82 Å². The van der Waals surface area contributed by atoms with Crippen molar-refractivity contribution in [1.29, 1.82) is 0 Å². The summed E-state index contributed by atoms with van der Waals surface area (Å²) in [5, 5.41) is 3.06. The Labute approximate surface area is 126 Å². The van der Waals surface area contributed by atoms with Gasteiger partial charge in [0, 0.05) is 23.3 Å². The highest BCUT2D eigenvalue weighted by Gasteiger charge is 2.39. The fourth-order valence-corrected chi connectivity index (χ4v) is 2.84. The van der Waals surface area contributed by atoms with Crippen LogP contribution in [0.1, 0.15) is 48.7 Å². The Morgan fingerprint density at radius 1 is 1.43 bits per heavy atom. The summed E-state index contributed by atoms with van der Waals surface area (Å²) < 4.78 is 0. The quantitative estimate of drug-likeness (QED) is 0.838. The smallest absolute Gasteiger partial charge is 0.251 e. The number of hydrogen-bond acceptors (Lipinski definition) is 4. The van der Waals surface area contributed by atoms with E-state index in [1.54, 1.807) is 6.07 Å². The minimum atomic E-state index is -0.0606. The number of anilines is 1. The number of rotatable bonds is 6. The molecule has 0 aromatic carbocycles. The molecule has 1 aliphatic rings. The zero-order valence-corrected chi connectivity index (χ0v) is 13.3. The van der Waals surface area contributed by atoms with Crippen LogP contribution in [0.5, 0.6) is 0 Å². The van der Waals surface area contributed by atoms with Gasteiger partial charge in [-0.25, -0.2) is 4.98 Å². The number of nitrogens with one attached hydrogen (secondary N) is 1. The molecule has 5 heteroatoms. The maximum atomic E-state index is 12.3. The van der Waals surface area contributed by atoms with Gasteiger partial charge in [-0.1, -0.05) is 13.3 Å². The van der Waals surface area contributed by atoms with Crippen LogP contribution in [-0.2, 0) is 6.42 Å². The molecule has 0 radical (unpaired) electrons. The predicted octanol–water partition coefficient (Wildman–Crippen LogP) is 1.83. The number of hydrogen-bond donors (Lipinski definition) is 2. The van der Waals surface area contributed by atoms with Crippen LogP contribution < -0.4 is 11.1 Å². The van der Waals surface area contributed by atoms with Crippen LogP contribution >= 0.6 is 0 Å². The first-order valence-electron chi connectivity index (χ1n) is 7.69. The van der Waals surface area contributed by atoms with Crippen molar-refractivity contribution in [1.82, 2.24) is 15.2 Å². The molecular formula is C16H26N4O. The molecule has 1 saturated carbocycles. The van der Waals surface area contributed by atoms with Gasteiger partial charge in [0.15, 0.2) is 0 Å². The molecule has 116 valence electrons. The fourth-order valence-electron chi connectivity index (χ4n) is 2.84. The van der Waals surface area contributed by atoms with E-state index in [2.05, 4.69) is 36.2 Å². The first-order valence-corrected chi connectivity index (χ1v) is 7.69. The summed E-state index contributed by atoms with van der Waals surface area (Å²) in [5.74, 6) is 0.353. The van der Waals surface area contributed by atoms with Crippen molar-refractivity contribution < 1.29 is 4.79 Å². The highest BCUT2D eigenvalue weighted by atomic mass is 16.1. The second-order valence-electron chi connectivity index (χ2n) is 6.18. The molecule has 1 fully saturated rings. The monoisotopic (exact) mass is 290 g/mol. The number of aryl methyl sites for hydroxylation is 1. The highest BCUT2D eigenvalue weighted by Crippen LogP contribution is 2.35. The predicted molar refractivity (Wildman–Crippen MR) is 85.2 cm³/mol. The van der Waals surface area contributed by atoms with E-state index in [9.17, 15) is 4.79 Å². The van der Waals surface area contributed by atoms with Crippen molar-refractivity contribution in [2.75, 3.05) is 26.4 Å². The summed E-state index contributed by atoms with van der Waals surface area (Å²) in [5.41, 5.74) is 7.41. The second-order valence-corrected chi connectivity index (χ2v) is 6.18. The van der Waals surface area contributed by atoms with Gasteiger partial charge in [-0.3, -0.25) is 4.79 Å². The van der Waals surface area contributed by atoms with E-state index in [4.69, 9.17) is 5.73 Å². The first kappa shape index (κ1) is 15.8. The number of nitrogen functional groups attached to an aromatic ring is 1. The van der Waals surface area contributed by atoms with Gasteiger partial charge in [0.2, 0.25) is 0 Å². The van der Waals surface area contributed by atoms with E-state index in [0.29, 0.717) is 17.9 Å². The van der Waals surface area contributed by atoms with E-state index in [0.717, 1.165) is 31.4 Å². The lowest BCUT2D eigenvalue weighted by molar-refractivity contribution is 0.0557. The Bertz CT molecular complexity index is 509. The van der Waals surface area contributed by atoms with Crippen molar-refractivity contribution in [3.63, 3.8) is 0 Å². The molecule has 0 atom stereocenters. The van der Waals surface area contributed by atoms with Crippen LogP contribution in [0, 0.1) is 0 Å². The van der Waals surface area contributed by atoms with Gasteiger partial charge in [0.1, 0.15) is 5.82 Å². The maximum Gasteiger partial charge on any atom is 0.251 e. The van der Waals surface area contributed by atoms with E-state index in [-0.39, 0.29) is 11.4 Å². The van der Waals surface area contributed by atoms with Crippen molar-refractivity contribution in [2.45, 2.75) is 44.6 Å². The molecule has 0 spiro atoms. The Morgan fingerprint density at radius 2 is 2.14 bits per heavy atom. The average molecular weight is 290 g/mol. The standard InChI is InChI=1S/C16H26N4O/c1-4-6-13-9-12(10-14(17)19-13)15(21)18-11-16(20(2)3)7-5-8-16/h9-10H,4-8,11H2,1-3H3,(H2,17,19)(H,18,21). The average Bonchev–Trinajstić information content (AvgIpc) is 2.36. The summed E-state index contributed by atoms with van der Waals surface area (Å²) in [6.45, 7) is 2.77. The molecule has 21 heavy (non-hydrogen) atoms. The molecule has 2 rings (SSSR count). The third kappa shape index (κ3) is 3.53. The molecular weight excluding hydrogens is 264 g/mol. The lowest BCUT2D eigenvalue weighted by Gasteiger charge is -2.47. The minimum absolute atomic E-state index is 0.0606. The van der Waals surface area contributed by atoms with Crippen LogP contribution in [0.25, 0.3) is 0 Å². The molecule has 3 N–H and O–H groups in total. The lowest BCUT2D eigenvalue weighted by Crippen LogP contribution is -2.57. The number of carbonyl (C=O) groups excluding carboxylic acids is 1. The Balaban J connectivity index is 2.03. The van der Waals surface area contributed by atoms with Crippen molar-refractivity contribution in [3.8, 4) is 0 Å². The summed E-state index contributed by atoms with van der Waals surface area (Å²) >= 11 is 0. The van der Waals surface area contributed by atoms with Crippen molar-refractivity contribution in [2.24, 2.45) is 0 Å². The van der Waals surface area contributed by atoms with E-state index in [1.807, 2.05) is 6.07 Å². The number of likely N-dealkylation sites (N-methyl/N-ethyl adjacent to an activating group) is 1. The largest absolute Gasteiger partial charge is 0.384 e. The van der Waals surface area contributed by atoms with Gasteiger partial charge in [-0.15, -0.1) is 0 Å². The van der Waals surface area contributed by atoms with Gasteiger partial charge in [0.05, 0.1) is 0 Å². The molecule has 1 amide bonds. The summed E-state index contributed by atoms with van der Waals surface area (Å²) in [4.78, 5) is 18.8. The first-order chi connectivity index (χ1) is 9.97. The molecule has 1 heterocycles. The molecule has 0 aliphatic heterocycles. The van der Waals surface area contributed by atoms with Crippen molar-refractivity contribution in [3.05, 3.63) is 23.4 Å². The third-order valence-corrected chi connectivity index (χ3v) is 4.48. The van der Waals surface area contributed by atoms with Crippen LogP contribution in [0.15, 0.2) is 12.1 Å². The van der Waals surface area contributed by atoms with Crippen LogP contribution in [0.3, 0.4) is 0 Å². The highest BCUT2D eigenvalue weighted by molar-refractivity contribution is 5.95. The van der Waals surface area contributed by atoms with Crippen molar-refractivity contribution >= 4 is 11.7 Å². The van der Waals surface area contributed by atoms with Gasteiger partial charge < -0.3 is 16.0 Å². The van der Waals surface area contributed by atoms with E-state index < -0.39 is 0 Å². The molecule has 1 aliphatic carbocycles. The summed E-state index contributed by atoms with van der Waals surface area (Å²) in [6, 6.07) is 3.50. The Kier molecular flexibility index (Phi) is 4.83. The number of carbonyl (C=O) groups is 1. The minimum Gasteiger partial charge on any atom is -0.384 e. The fraction of sp³-hybridized carbons (Fsp3) is 0.625. The topological polar surface area (TPSA) is 71.2 Å². The molecule has 5 nitrogen and oxygen atoms in total. The molecule has 0 saturated heterocycles. The Morgan fingerprint density at radius 3 is 2.67 bits per heavy atom. The molecule has 0 bridgehead atoms. The summed E-state index contributed by atoms with van der Waals surface area (Å²) in [7, 11) is 4.16. The Hall–Kier alpha value is -1.62. The maximum absolute atomic E-state index is 12.3. The zero-order valence-electron chi connectivity index (χ0n) is 13.3. The number of nitrogens with zero attached hydrogens (tertiary/aromatic N) is 2. The second kappa shape index (κ2) is 6.43. The number of pyridine rings is 1. The van der Waals surface area contributed by atoms with Gasteiger partial charge in [-0.2, -0.15) is 0 Å². The van der Waals surface area contributed by atoms with Gasteiger partial charge >= 0.3 is 0 Å². The number of aromatic nitrogens is 1. The molecule has 1 aromatic rings. The van der Waals surface area contributed by atoms with Gasteiger partial charge in [-0.05, 0) is 51.9 Å². The van der Waals surface area contributed by atoms with Gasteiger partial charge in [0.25, 0.3) is 5.91 Å². The number of amides is 1. The lowest BCUT2D eigenvalue weighted by atomic mass is 9.75. The third-order valence-electron chi connectivity index (χ3n) is 4.48. The van der Waals surface area contributed by atoms with E-state index >= 15 is 0 Å². The number of nitrogens with two attached hydrogens (primary N) is 1.